The first-order valence-corrected chi connectivity index (χ1v) is 12.3. The van der Waals surface area contributed by atoms with Gasteiger partial charge in [-0.2, -0.15) is 17.6 Å². The monoisotopic (exact) mass is 546 g/mol. The Hall–Kier alpha value is -3.75. The number of carbonyl (C=O) groups is 1. The fourth-order valence-corrected chi connectivity index (χ4v) is 4.03. The zero-order chi connectivity index (χ0) is 27.3. The first-order chi connectivity index (χ1) is 17.1. The van der Waals surface area contributed by atoms with Crippen molar-refractivity contribution in [1.29, 1.82) is 0 Å². The Morgan fingerprint density at radius 2 is 1.81 bits per heavy atom. The number of nitrogens with zero attached hydrogens (tertiary/aromatic N) is 3. The first kappa shape index (κ1) is 26.3. The number of hydrogen-bond donors (Lipinski definition) is 1. The molecule has 0 radical (unpaired) electrons. The van der Waals surface area contributed by atoms with Gasteiger partial charge in [0.25, 0.3) is 17.7 Å². The van der Waals surface area contributed by atoms with Crippen molar-refractivity contribution in [2.75, 3.05) is 11.6 Å². The molecular weight excluding hydrogens is 530 g/mol. The number of benzene rings is 1. The normalized spacial score (nSPS) is 14.8. The Kier molecular flexibility index (Phi) is 6.38. The summed E-state index contributed by atoms with van der Waals surface area (Å²) in [6.07, 6.45) is -4.13. The number of anilines is 1. The Labute approximate surface area is 205 Å². The number of amides is 1. The predicted molar refractivity (Wildman–Crippen MR) is 116 cm³/mol. The van der Waals surface area contributed by atoms with Gasteiger partial charge in [0.2, 0.25) is 5.75 Å². The standard InChI is InChI=1S/C22H16F6N4O4S/c1-10-15(19(33)29-11-4-3-5-12(8-11)37(2,34)35)20(32-31-17(10)22(26,27)28)36-16-13(23)9-14(30-18(16)24)21(25)6-7-21/h3-5,8-9H,6-7H2,1-2H3,(H,29,33). The van der Waals surface area contributed by atoms with Gasteiger partial charge in [-0.15, -0.1) is 10.2 Å². The average molecular weight is 546 g/mol. The molecule has 1 saturated carbocycles. The molecule has 37 heavy (non-hydrogen) atoms. The number of aromatic nitrogens is 3. The lowest BCUT2D eigenvalue weighted by Gasteiger charge is -2.16. The maximum atomic E-state index is 14.6. The van der Waals surface area contributed by atoms with E-state index in [1.807, 2.05) is 0 Å². The fourth-order valence-electron chi connectivity index (χ4n) is 3.36. The number of rotatable bonds is 6. The van der Waals surface area contributed by atoms with Gasteiger partial charge in [-0.1, -0.05) is 6.07 Å². The topological polar surface area (TPSA) is 111 Å². The quantitative estimate of drug-likeness (QED) is 0.346. The summed E-state index contributed by atoms with van der Waals surface area (Å²) in [5.74, 6) is -6.57. The number of ether oxygens (including phenoxy) is 1. The summed E-state index contributed by atoms with van der Waals surface area (Å²) in [6, 6.07) is 5.39. The van der Waals surface area contributed by atoms with Crippen LogP contribution < -0.4 is 10.1 Å². The molecular formula is C22H16F6N4O4S. The number of sulfone groups is 1. The molecule has 0 unspecified atom stereocenters. The zero-order valence-electron chi connectivity index (χ0n) is 19.0. The summed E-state index contributed by atoms with van der Waals surface area (Å²) < 4.78 is 112. The third-order valence-electron chi connectivity index (χ3n) is 5.43. The number of halogens is 6. The molecule has 1 aromatic carbocycles. The molecule has 196 valence electrons. The van der Waals surface area contributed by atoms with E-state index in [-0.39, 0.29) is 23.4 Å². The summed E-state index contributed by atoms with van der Waals surface area (Å²) in [5.41, 5.74) is -5.88. The van der Waals surface area contributed by atoms with Crippen LogP contribution in [0.4, 0.5) is 32.0 Å². The van der Waals surface area contributed by atoms with Crippen molar-refractivity contribution < 1.29 is 44.3 Å². The summed E-state index contributed by atoms with van der Waals surface area (Å²) in [7, 11) is -3.69. The minimum Gasteiger partial charge on any atom is -0.429 e. The highest BCUT2D eigenvalue weighted by Crippen LogP contribution is 2.49. The molecule has 0 bridgehead atoms. The van der Waals surface area contributed by atoms with Crippen molar-refractivity contribution in [2.24, 2.45) is 0 Å². The van der Waals surface area contributed by atoms with Crippen LogP contribution in [0.3, 0.4) is 0 Å². The molecule has 1 N–H and O–H groups in total. The van der Waals surface area contributed by atoms with Crippen molar-refractivity contribution in [3.05, 3.63) is 64.6 Å². The average Bonchev–Trinajstić information content (AvgIpc) is 3.53. The SMILES string of the molecule is Cc1c(C(F)(F)F)nnc(Oc2c(F)cc(C3(F)CC3)nc2F)c1C(=O)Nc1cccc(S(C)(=O)=O)c1. The van der Waals surface area contributed by atoms with Gasteiger partial charge in [0.05, 0.1) is 10.6 Å². The molecule has 1 amide bonds. The summed E-state index contributed by atoms with van der Waals surface area (Å²) in [4.78, 5) is 16.2. The minimum absolute atomic E-state index is 0.00745. The highest BCUT2D eigenvalue weighted by molar-refractivity contribution is 7.90. The molecule has 1 aliphatic carbocycles. The zero-order valence-corrected chi connectivity index (χ0v) is 19.8. The Balaban J connectivity index is 1.77. The van der Waals surface area contributed by atoms with Crippen LogP contribution in [-0.2, 0) is 21.7 Å². The number of nitrogens with one attached hydrogen (secondary N) is 1. The lowest BCUT2D eigenvalue weighted by atomic mass is 10.1. The predicted octanol–water partition coefficient (Wildman–Crippen LogP) is 4.88. The molecule has 3 aromatic rings. The van der Waals surface area contributed by atoms with E-state index in [2.05, 4.69) is 20.5 Å². The van der Waals surface area contributed by atoms with Gasteiger partial charge in [-0.25, -0.2) is 22.2 Å². The van der Waals surface area contributed by atoms with Gasteiger partial charge < -0.3 is 10.1 Å². The maximum absolute atomic E-state index is 14.6. The van der Waals surface area contributed by atoms with E-state index in [1.165, 1.54) is 18.2 Å². The van der Waals surface area contributed by atoms with Gasteiger partial charge in [-0.3, -0.25) is 4.79 Å². The third kappa shape index (κ3) is 5.35. The van der Waals surface area contributed by atoms with Gasteiger partial charge in [0.1, 0.15) is 5.56 Å². The van der Waals surface area contributed by atoms with E-state index in [1.54, 1.807) is 0 Å². The van der Waals surface area contributed by atoms with E-state index in [0.717, 1.165) is 19.2 Å². The van der Waals surface area contributed by atoms with Crippen molar-refractivity contribution >= 4 is 21.4 Å². The lowest BCUT2D eigenvalue weighted by Crippen LogP contribution is -2.21. The molecule has 15 heteroatoms. The molecule has 8 nitrogen and oxygen atoms in total. The van der Waals surface area contributed by atoms with Crippen LogP contribution in [0.5, 0.6) is 11.6 Å². The summed E-state index contributed by atoms with van der Waals surface area (Å²) in [6.45, 7) is 0.861. The van der Waals surface area contributed by atoms with Crippen molar-refractivity contribution in [3.8, 4) is 11.6 Å². The van der Waals surface area contributed by atoms with Crippen LogP contribution in [0.15, 0.2) is 35.2 Å². The van der Waals surface area contributed by atoms with Crippen molar-refractivity contribution in [1.82, 2.24) is 15.2 Å². The molecule has 2 aromatic heterocycles. The molecule has 2 heterocycles. The number of hydrogen-bond acceptors (Lipinski definition) is 7. The van der Waals surface area contributed by atoms with Crippen LogP contribution in [-0.4, -0.2) is 35.8 Å². The number of alkyl halides is 4. The molecule has 0 atom stereocenters. The van der Waals surface area contributed by atoms with E-state index in [0.29, 0.717) is 6.07 Å². The second-order valence-electron chi connectivity index (χ2n) is 8.28. The molecule has 0 aliphatic heterocycles. The molecule has 0 saturated heterocycles. The van der Waals surface area contributed by atoms with Crippen LogP contribution in [0.1, 0.15) is 40.2 Å². The maximum Gasteiger partial charge on any atom is 0.435 e. The smallest absolute Gasteiger partial charge is 0.429 e. The van der Waals surface area contributed by atoms with Gasteiger partial charge in [0, 0.05) is 18.0 Å². The van der Waals surface area contributed by atoms with Crippen molar-refractivity contribution in [3.63, 3.8) is 0 Å². The van der Waals surface area contributed by atoms with E-state index in [4.69, 9.17) is 4.74 Å². The first-order valence-electron chi connectivity index (χ1n) is 10.4. The second kappa shape index (κ2) is 8.97. The highest BCUT2D eigenvalue weighted by atomic mass is 32.2. The summed E-state index contributed by atoms with van der Waals surface area (Å²) in [5, 5.41) is 8.40. The van der Waals surface area contributed by atoms with Gasteiger partial charge in [0.15, 0.2) is 27.0 Å². The second-order valence-corrected chi connectivity index (χ2v) is 10.3. The van der Waals surface area contributed by atoms with Crippen LogP contribution in [0, 0.1) is 18.7 Å². The Morgan fingerprint density at radius 3 is 2.38 bits per heavy atom. The molecule has 4 rings (SSSR count). The van der Waals surface area contributed by atoms with Crippen LogP contribution in [0.2, 0.25) is 0 Å². The van der Waals surface area contributed by atoms with Crippen LogP contribution >= 0.6 is 0 Å². The largest absolute Gasteiger partial charge is 0.435 e. The van der Waals surface area contributed by atoms with Crippen molar-refractivity contribution in [2.45, 2.75) is 36.5 Å². The van der Waals surface area contributed by atoms with E-state index >= 15 is 0 Å². The lowest BCUT2D eigenvalue weighted by molar-refractivity contribution is -0.142. The number of carbonyl (C=O) groups excluding carboxylic acids is 1. The summed E-state index contributed by atoms with van der Waals surface area (Å²) >= 11 is 0. The highest BCUT2D eigenvalue weighted by Gasteiger charge is 2.47. The van der Waals surface area contributed by atoms with E-state index in [9.17, 15) is 39.6 Å². The van der Waals surface area contributed by atoms with Crippen LogP contribution in [0.25, 0.3) is 0 Å². The van der Waals surface area contributed by atoms with Gasteiger partial charge >= 0.3 is 6.18 Å². The number of pyridine rings is 1. The molecule has 1 aliphatic rings. The minimum atomic E-state index is -5.06. The Bertz CT molecular complexity index is 1500. The third-order valence-corrected chi connectivity index (χ3v) is 6.54. The Morgan fingerprint density at radius 1 is 1.14 bits per heavy atom. The molecule has 1 fully saturated rings. The fraction of sp³-hybridized carbons (Fsp3) is 0.273. The molecule has 0 spiro atoms. The van der Waals surface area contributed by atoms with E-state index < -0.39 is 73.5 Å². The van der Waals surface area contributed by atoms with Gasteiger partial charge in [-0.05, 0) is 43.5 Å².